The minimum atomic E-state index is 1.08. The highest BCUT2D eigenvalue weighted by Crippen LogP contribution is 2.28. The third-order valence-corrected chi connectivity index (χ3v) is 2.55. The summed E-state index contributed by atoms with van der Waals surface area (Å²) in [6.07, 6.45) is 1.85. The Hall–Kier alpha value is -0.760. The van der Waals surface area contributed by atoms with Crippen LogP contribution in [0.25, 0.3) is 6.08 Å². The quantitative estimate of drug-likeness (QED) is 0.814. The highest BCUT2D eigenvalue weighted by Gasteiger charge is 2.04. The summed E-state index contributed by atoms with van der Waals surface area (Å²) >= 11 is 3.47. The van der Waals surface area contributed by atoms with E-state index in [1.165, 1.54) is 5.56 Å². The van der Waals surface area contributed by atoms with Crippen molar-refractivity contribution in [3.8, 4) is 0 Å². The number of hydrogen-bond donors (Lipinski definition) is 1. The first kappa shape index (κ1) is 9.33. The van der Waals surface area contributed by atoms with E-state index in [1.807, 2.05) is 19.2 Å². The molecule has 2 heteroatoms. The van der Waals surface area contributed by atoms with Crippen molar-refractivity contribution in [3.05, 3.63) is 34.3 Å². The molecule has 12 heavy (non-hydrogen) atoms. The summed E-state index contributed by atoms with van der Waals surface area (Å²) in [5.74, 6) is 0. The summed E-state index contributed by atoms with van der Waals surface area (Å²) in [5, 5.41) is 3.15. The molecule has 0 radical (unpaired) electrons. The van der Waals surface area contributed by atoms with Crippen LogP contribution >= 0.6 is 15.9 Å². The van der Waals surface area contributed by atoms with Gasteiger partial charge in [-0.2, -0.15) is 0 Å². The van der Waals surface area contributed by atoms with Crippen LogP contribution in [0.15, 0.2) is 23.2 Å². The summed E-state index contributed by atoms with van der Waals surface area (Å²) in [5.41, 5.74) is 3.49. The van der Waals surface area contributed by atoms with Gasteiger partial charge in [-0.1, -0.05) is 34.7 Å². The van der Waals surface area contributed by atoms with E-state index >= 15 is 0 Å². The lowest BCUT2D eigenvalue weighted by Crippen LogP contribution is -1.95. The average Bonchev–Trinajstić information content (AvgIpc) is 2.08. The molecule has 1 rings (SSSR count). The van der Waals surface area contributed by atoms with E-state index in [0.29, 0.717) is 0 Å². The van der Waals surface area contributed by atoms with Crippen molar-refractivity contribution in [1.82, 2.24) is 0 Å². The minimum Gasteiger partial charge on any atom is -0.387 e. The van der Waals surface area contributed by atoms with Gasteiger partial charge in [0.05, 0.1) is 0 Å². The number of nitrogens with one attached hydrogen (secondary N) is 1. The van der Waals surface area contributed by atoms with E-state index in [9.17, 15) is 0 Å². The molecule has 0 aliphatic rings. The molecule has 64 valence electrons. The van der Waals surface area contributed by atoms with Crippen LogP contribution in [0.4, 0.5) is 5.69 Å². The van der Waals surface area contributed by atoms with E-state index < -0.39 is 0 Å². The Morgan fingerprint density at radius 2 is 2.17 bits per heavy atom. The summed E-state index contributed by atoms with van der Waals surface area (Å²) in [6, 6.07) is 4.11. The summed E-state index contributed by atoms with van der Waals surface area (Å²) < 4.78 is 1.08. The minimum absolute atomic E-state index is 1.08. The average molecular weight is 226 g/mol. The second-order valence-corrected chi connectivity index (χ2v) is 3.46. The monoisotopic (exact) mass is 225 g/mol. The number of aryl methyl sites for hydroxylation is 1. The van der Waals surface area contributed by atoms with Gasteiger partial charge >= 0.3 is 0 Å². The number of anilines is 1. The molecular formula is C10H12BrN. The topological polar surface area (TPSA) is 12.0 Å². The van der Waals surface area contributed by atoms with Gasteiger partial charge in [0.25, 0.3) is 0 Å². The van der Waals surface area contributed by atoms with E-state index in [0.717, 1.165) is 15.7 Å². The maximum Gasteiger partial charge on any atom is 0.0452 e. The smallest absolute Gasteiger partial charge is 0.0452 e. The van der Waals surface area contributed by atoms with Crippen LogP contribution in [0.1, 0.15) is 11.1 Å². The molecule has 1 N–H and O–H groups in total. The van der Waals surface area contributed by atoms with E-state index in [4.69, 9.17) is 0 Å². The van der Waals surface area contributed by atoms with E-state index in [1.54, 1.807) is 0 Å². The van der Waals surface area contributed by atoms with Crippen molar-refractivity contribution in [2.75, 3.05) is 12.4 Å². The molecule has 0 bridgehead atoms. The fourth-order valence-corrected chi connectivity index (χ4v) is 1.73. The maximum absolute atomic E-state index is 3.77. The molecule has 0 atom stereocenters. The summed E-state index contributed by atoms with van der Waals surface area (Å²) in [4.78, 5) is 0. The highest BCUT2D eigenvalue weighted by atomic mass is 79.9. The zero-order valence-electron chi connectivity index (χ0n) is 7.32. The van der Waals surface area contributed by atoms with E-state index in [-0.39, 0.29) is 0 Å². The van der Waals surface area contributed by atoms with Crippen molar-refractivity contribution in [1.29, 1.82) is 0 Å². The van der Waals surface area contributed by atoms with Gasteiger partial charge in [-0.3, -0.25) is 0 Å². The second-order valence-electron chi connectivity index (χ2n) is 2.61. The van der Waals surface area contributed by atoms with Crippen LogP contribution in [0.3, 0.4) is 0 Å². The summed E-state index contributed by atoms with van der Waals surface area (Å²) in [6.45, 7) is 5.85. The zero-order valence-corrected chi connectivity index (χ0v) is 8.90. The molecule has 0 amide bonds. The van der Waals surface area contributed by atoms with Gasteiger partial charge in [0.1, 0.15) is 0 Å². The lowest BCUT2D eigenvalue weighted by atomic mass is 10.1. The molecule has 1 aromatic carbocycles. The van der Waals surface area contributed by atoms with E-state index in [2.05, 4.69) is 40.8 Å². The first-order chi connectivity index (χ1) is 5.70. The third-order valence-electron chi connectivity index (χ3n) is 1.85. The fraction of sp³-hybridized carbons (Fsp3) is 0.200. The molecule has 1 nitrogen and oxygen atoms in total. The SMILES string of the molecule is C=Cc1c(Br)ccc(C)c1NC. The first-order valence-electron chi connectivity index (χ1n) is 3.80. The molecule has 0 aliphatic carbocycles. The molecule has 0 aromatic heterocycles. The molecule has 0 saturated heterocycles. The number of benzene rings is 1. The lowest BCUT2D eigenvalue weighted by Gasteiger charge is -2.10. The summed E-state index contributed by atoms with van der Waals surface area (Å²) in [7, 11) is 1.92. The maximum atomic E-state index is 3.77. The predicted octanol–water partition coefficient (Wildman–Crippen LogP) is 3.44. The van der Waals surface area contributed by atoms with Crippen LogP contribution in [0.5, 0.6) is 0 Å². The lowest BCUT2D eigenvalue weighted by molar-refractivity contribution is 1.38. The predicted molar refractivity (Wildman–Crippen MR) is 58.5 cm³/mol. The molecule has 0 fully saturated rings. The van der Waals surface area contributed by atoms with Crippen molar-refractivity contribution in [2.24, 2.45) is 0 Å². The van der Waals surface area contributed by atoms with Crippen LogP contribution in [-0.2, 0) is 0 Å². The van der Waals surface area contributed by atoms with Crippen molar-refractivity contribution in [2.45, 2.75) is 6.92 Å². The van der Waals surface area contributed by atoms with Crippen LogP contribution in [-0.4, -0.2) is 7.05 Å². The van der Waals surface area contributed by atoms with Gasteiger partial charge in [-0.15, -0.1) is 0 Å². The second kappa shape index (κ2) is 3.76. The highest BCUT2D eigenvalue weighted by molar-refractivity contribution is 9.10. The van der Waals surface area contributed by atoms with Gasteiger partial charge in [0.15, 0.2) is 0 Å². The Morgan fingerprint density at radius 1 is 1.50 bits per heavy atom. The molecule has 0 heterocycles. The Bertz CT molecular complexity index is 305. The first-order valence-corrected chi connectivity index (χ1v) is 4.59. The molecule has 0 saturated carbocycles. The number of hydrogen-bond acceptors (Lipinski definition) is 1. The fourth-order valence-electron chi connectivity index (χ4n) is 1.23. The number of rotatable bonds is 2. The molecule has 0 unspecified atom stereocenters. The molecule has 0 spiro atoms. The van der Waals surface area contributed by atoms with Crippen LogP contribution in [0, 0.1) is 6.92 Å². The Balaban J connectivity index is 3.38. The largest absolute Gasteiger partial charge is 0.387 e. The van der Waals surface area contributed by atoms with Gasteiger partial charge < -0.3 is 5.32 Å². The normalized spacial score (nSPS) is 9.58. The Morgan fingerprint density at radius 3 is 2.58 bits per heavy atom. The molecule has 0 aliphatic heterocycles. The van der Waals surface area contributed by atoms with Crippen LogP contribution in [0.2, 0.25) is 0 Å². The van der Waals surface area contributed by atoms with Gasteiger partial charge in [0, 0.05) is 22.8 Å². The van der Waals surface area contributed by atoms with Gasteiger partial charge in [-0.25, -0.2) is 0 Å². The van der Waals surface area contributed by atoms with Gasteiger partial charge in [-0.05, 0) is 18.6 Å². The molecule has 1 aromatic rings. The third kappa shape index (κ3) is 1.53. The van der Waals surface area contributed by atoms with Crippen molar-refractivity contribution >= 4 is 27.7 Å². The molecular weight excluding hydrogens is 214 g/mol. The Kier molecular flexibility index (Phi) is 2.93. The van der Waals surface area contributed by atoms with Gasteiger partial charge in [0.2, 0.25) is 0 Å². The Labute approximate surface area is 81.6 Å². The number of halogens is 1. The zero-order chi connectivity index (χ0) is 9.14. The standard InChI is InChI=1S/C10H12BrN/c1-4-8-9(11)6-5-7(2)10(8)12-3/h4-6,12H,1H2,2-3H3. The van der Waals surface area contributed by atoms with Crippen LogP contribution < -0.4 is 5.32 Å². The van der Waals surface area contributed by atoms with Crippen molar-refractivity contribution < 1.29 is 0 Å². The van der Waals surface area contributed by atoms with Crippen molar-refractivity contribution in [3.63, 3.8) is 0 Å².